The summed E-state index contributed by atoms with van der Waals surface area (Å²) in [6.07, 6.45) is -4.37. The number of aryl methyl sites for hydroxylation is 1. The monoisotopic (exact) mass is 295 g/mol. The van der Waals surface area contributed by atoms with Crippen molar-refractivity contribution in [1.82, 2.24) is 0 Å². The van der Waals surface area contributed by atoms with Crippen molar-refractivity contribution in [2.45, 2.75) is 19.1 Å². The highest BCUT2D eigenvalue weighted by Gasteiger charge is 2.30. The molecule has 1 unspecified atom stereocenters. The van der Waals surface area contributed by atoms with Gasteiger partial charge >= 0.3 is 6.18 Å². The number of alkyl halides is 3. The Morgan fingerprint density at radius 1 is 1.05 bits per heavy atom. The molecule has 0 aliphatic carbocycles. The Balaban J connectivity index is 2.38. The summed E-state index contributed by atoms with van der Waals surface area (Å²) >= 11 is 0. The molecule has 0 saturated carbocycles. The average Bonchev–Trinajstić information content (AvgIpc) is 2.46. The SMILES string of the molecule is COc1cc(C(N)c2cccc(C(F)(F)F)c2)ccc1C. The van der Waals surface area contributed by atoms with Gasteiger partial charge in [0.05, 0.1) is 18.7 Å². The summed E-state index contributed by atoms with van der Waals surface area (Å²) in [5.41, 5.74) is 7.44. The van der Waals surface area contributed by atoms with E-state index in [1.54, 1.807) is 25.3 Å². The highest BCUT2D eigenvalue weighted by molar-refractivity contribution is 5.41. The van der Waals surface area contributed by atoms with Crippen LogP contribution >= 0.6 is 0 Å². The fraction of sp³-hybridized carbons (Fsp3) is 0.250. The van der Waals surface area contributed by atoms with E-state index in [1.807, 2.05) is 13.0 Å². The van der Waals surface area contributed by atoms with Crippen molar-refractivity contribution in [2.75, 3.05) is 7.11 Å². The smallest absolute Gasteiger partial charge is 0.416 e. The predicted octanol–water partition coefficient (Wildman–Crippen LogP) is 4.07. The second kappa shape index (κ2) is 5.77. The topological polar surface area (TPSA) is 35.2 Å². The van der Waals surface area contributed by atoms with Crippen LogP contribution in [0.25, 0.3) is 0 Å². The van der Waals surface area contributed by atoms with Gasteiger partial charge in [0.25, 0.3) is 0 Å². The van der Waals surface area contributed by atoms with E-state index in [2.05, 4.69) is 0 Å². The molecule has 2 aromatic rings. The van der Waals surface area contributed by atoms with Gasteiger partial charge in [-0.05, 0) is 41.8 Å². The van der Waals surface area contributed by atoms with Crippen molar-refractivity contribution in [3.63, 3.8) is 0 Å². The third-order valence-corrected chi connectivity index (χ3v) is 3.36. The minimum absolute atomic E-state index is 0.413. The van der Waals surface area contributed by atoms with Crippen LogP contribution in [0, 0.1) is 6.92 Å². The molecule has 2 aromatic carbocycles. The van der Waals surface area contributed by atoms with E-state index in [9.17, 15) is 13.2 Å². The first-order chi connectivity index (χ1) is 9.82. The fourth-order valence-corrected chi connectivity index (χ4v) is 2.13. The highest BCUT2D eigenvalue weighted by Crippen LogP contribution is 2.32. The van der Waals surface area contributed by atoms with Crippen LogP contribution < -0.4 is 10.5 Å². The zero-order valence-electron chi connectivity index (χ0n) is 11.7. The molecule has 2 rings (SSSR count). The number of ether oxygens (including phenoxy) is 1. The second-order valence-corrected chi connectivity index (χ2v) is 4.83. The number of rotatable bonds is 3. The summed E-state index contributed by atoms with van der Waals surface area (Å²) < 4.78 is 43.4. The molecule has 0 saturated heterocycles. The van der Waals surface area contributed by atoms with Crippen LogP contribution in [0.5, 0.6) is 5.75 Å². The first-order valence-corrected chi connectivity index (χ1v) is 6.40. The molecule has 5 heteroatoms. The third kappa shape index (κ3) is 3.36. The van der Waals surface area contributed by atoms with Gasteiger partial charge in [-0.15, -0.1) is 0 Å². The Morgan fingerprint density at radius 2 is 1.71 bits per heavy atom. The van der Waals surface area contributed by atoms with Crippen LogP contribution in [0.3, 0.4) is 0 Å². The van der Waals surface area contributed by atoms with E-state index in [1.165, 1.54) is 6.07 Å². The maximum atomic E-state index is 12.7. The normalized spacial score (nSPS) is 13.0. The summed E-state index contributed by atoms with van der Waals surface area (Å²) in [6, 6.07) is 9.81. The number of methoxy groups -OCH3 is 1. The lowest BCUT2D eigenvalue weighted by atomic mass is 9.97. The van der Waals surface area contributed by atoms with Crippen LogP contribution in [0.2, 0.25) is 0 Å². The van der Waals surface area contributed by atoms with E-state index in [0.29, 0.717) is 16.9 Å². The summed E-state index contributed by atoms with van der Waals surface area (Å²) in [6.45, 7) is 1.89. The van der Waals surface area contributed by atoms with Crippen LogP contribution in [-0.2, 0) is 6.18 Å². The van der Waals surface area contributed by atoms with Gasteiger partial charge < -0.3 is 10.5 Å². The Bertz CT molecular complexity index is 638. The Morgan fingerprint density at radius 3 is 2.33 bits per heavy atom. The molecule has 2 nitrogen and oxygen atoms in total. The molecule has 1 atom stereocenters. The largest absolute Gasteiger partial charge is 0.496 e. The lowest BCUT2D eigenvalue weighted by molar-refractivity contribution is -0.137. The van der Waals surface area contributed by atoms with Crippen molar-refractivity contribution in [3.8, 4) is 5.75 Å². The summed E-state index contributed by atoms with van der Waals surface area (Å²) in [4.78, 5) is 0. The van der Waals surface area contributed by atoms with Crippen LogP contribution in [-0.4, -0.2) is 7.11 Å². The maximum absolute atomic E-state index is 12.7. The zero-order valence-corrected chi connectivity index (χ0v) is 11.7. The van der Waals surface area contributed by atoms with Crippen molar-refractivity contribution >= 4 is 0 Å². The first-order valence-electron chi connectivity index (χ1n) is 6.40. The minimum Gasteiger partial charge on any atom is -0.496 e. The van der Waals surface area contributed by atoms with E-state index < -0.39 is 17.8 Å². The van der Waals surface area contributed by atoms with Gasteiger partial charge in [0, 0.05) is 0 Å². The molecule has 0 aliphatic heterocycles. The lowest BCUT2D eigenvalue weighted by Crippen LogP contribution is -2.14. The number of nitrogens with two attached hydrogens (primary N) is 1. The summed E-state index contributed by atoms with van der Waals surface area (Å²) in [7, 11) is 1.54. The molecule has 0 fully saturated rings. The number of hydrogen-bond acceptors (Lipinski definition) is 2. The van der Waals surface area contributed by atoms with Gasteiger partial charge in [0.1, 0.15) is 5.75 Å². The molecule has 0 radical (unpaired) electrons. The van der Waals surface area contributed by atoms with Gasteiger partial charge in [-0.3, -0.25) is 0 Å². The quantitative estimate of drug-likeness (QED) is 0.926. The molecule has 0 aromatic heterocycles. The minimum atomic E-state index is -4.37. The van der Waals surface area contributed by atoms with Crippen LogP contribution in [0.15, 0.2) is 42.5 Å². The maximum Gasteiger partial charge on any atom is 0.416 e. The molecule has 0 spiro atoms. The van der Waals surface area contributed by atoms with E-state index >= 15 is 0 Å². The predicted molar refractivity (Wildman–Crippen MR) is 75.2 cm³/mol. The lowest BCUT2D eigenvalue weighted by Gasteiger charge is -2.16. The Hall–Kier alpha value is -2.01. The molecule has 2 N–H and O–H groups in total. The van der Waals surface area contributed by atoms with Gasteiger partial charge in [-0.1, -0.05) is 24.3 Å². The Kier molecular flexibility index (Phi) is 4.23. The van der Waals surface area contributed by atoms with Crippen molar-refractivity contribution in [3.05, 3.63) is 64.7 Å². The van der Waals surface area contributed by atoms with Gasteiger partial charge in [0.2, 0.25) is 0 Å². The fourth-order valence-electron chi connectivity index (χ4n) is 2.13. The van der Waals surface area contributed by atoms with Gasteiger partial charge in [-0.25, -0.2) is 0 Å². The molecular formula is C16H16F3NO. The molecule has 0 aliphatic rings. The van der Waals surface area contributed by atoms with Crippen molar-refractivity contribution in [2.24, 2.45) is 5.73 Å². The number of benzene rings is 2. The average molecular weight is 295 g/mol. The number of hydrogen-bond donors (Lipinski definition) is 1. The zero-order chi connectivity index (χ0) is 15.6. The molecule has 112 valence electrons. The number of halogens is 3. The molecule has 0 amide bonds. The Labute approximate surface area is 121 Å². The van der Waals surface area contributed by atoms with Crippen molar-refractivity contribution < 1.29 is 17.9 Å². The highest BCUT2D eigenvalue weighted by atomic mass is 19.4. The van der Waals surface area contributed by atoms with Crippen LogP contribution in [0.4, 0.5) is 13.2 Å². The van der Waals surface area contributed by atoms with Gasteiger partial charge in [-0.2, -0.15) is 13.2 Å². The standard InChI is InChI=1S/C16H16F3NO/c1-10-6-7-12(9-14(10)21-2)15(20)11-4-3-5-13(8-11)16(17,18)19/h3-9,15H,20H2,1-2H3. The van der Waals surface area contributed by atoms with E-state index in [-0.39, 0.29) is 0 Å². The van der Waals surface area contributed by atoms with Crippen molar-refractivity contribution in [1.29, 1.82) is 0 Å². The van der Waals surface area contributed by atoms with Crippen LogP contribution in [0.1, 0.15) is 28.3 Å². The summed E-state index contributed by atoms with van der Waals surface area (Å²) in [5, 5.41) is 0. The first kappa shape index (κ1) is 15.4. The third-order valence-electron chi connectivity index (χ3n) is 3.36. The molecular weight excluding hydrogens is 279 g/mol. The second-order valence-electron chi connectivity index (χ2n) is 4.83. The molecule has 21 heavy (non-hydrogen) atoms. The molecule has 0 bridgehead atoms. The van der Waals surface area contributed by atoms with E-state index in [0.717, 1.165) is 17.7 Å². The summed E-state index contributed by atoms with van der Waals surface area (Å²) in [5.74, 6) is 0.662. The van der Waals surface area contributed by atoms with E-state index in [4.69, 9.17) is 10.5 Å². The molecule has 0 heterocycles. The van der Waals surface area contributed by atoms with Gasteiger partial charge in [0.15, 0.2) is 0 Å².